The summed E-state index contributed by atoms with van der Waals surface area (Å²) >= 11 is 1.34. The number of thiophene rings is 1. The highest BCUT2D eigenvalue weighted by Gasteiger charge is 2.24. The van der Waals surface area contributed by atoms with Crippen LogP contribution in [0.2, 0.25) is 0 Å². The Bertz CT molecular complexity index is 1430. The fraction of sp³-hybridized carbons (Fsp3) is 0.192. The zero-order valence-electron chi connectivity index (χ0n) is 19.1. The second-order valence-corrected chi connectivity index (χ2v) is 11.0. The topological polar surface area (TPSA) is 66.5 Å². The molecule has 0 radical (unpaired) electrons. The molecule has 8 heteroatoms. The maximum atomic E-state index is 13.2. The Hall–Kier alpha value is -3.23. The molecule has 0 unspecified atom stereocenters. The largest absolute Gasteiger partial charge is 0.345 e. The maximum absolute atomic E-state index is 13.2. The number of anilines is 1. The number of benzene rings is 3. The Labute approximate surface area is 202 Å². The normalized spacial score (nSPS) is 12.5. The molecule has 1 N–H and O–H groups in total. The Kier molecular flexibility index (Phi) is 6.72. The van der Waals surface area contributed by atoms with Crippen LogP contribution in [0.4, 0.5) is 10.1 Å². The second kappa shape index (κ2) is 9.56. The summed E-state index contributed by atoms with van der Waals surface area (Å²) in [5.74, 6) is -0.563. The Morgan fingerprint density at radius 2 is 1.71 bits per heavy atom. The Morgan fingerprint density at radius 1 is 1.03 bits per heavy atom. The molecule has 1 aromatic heterocycles. The first-order valence-electron chi connectivity index (χ1n) is 10.9. The van der Waals surface area contributed by atoms with E-state index in [1.54, 1.807) is 61.5 Å². The lowest BCUT2D eigenvalue weighted by atomic mass is 10.1. The summed E-state index contributed by atoms with van der Waals surface area (Å²) < 4.78 is 41.9. The molecule has 0 spiro atoms. The lowest BCUT2D eigenvalue weighted by molar-refractivity contribution is 0.0944. The molecule has 1 heterocycles. The van der Waals surface area contributed by atoms with Crippen LogP contribution in [-0.4, -0.2) is 20.9 Å². The van der Waals surface area contributed by atoms with Gasteiger partial charge in [-0.2, -0.15) is 0 Å². The molecule has 5 nitrogen and oxygen atoms in total. The summed E-state index contributed by atoms with van der Waals surface area (Å²) in [5, 5.41) is 3.73. The van der Waals surface area contributed by atoms with Gasteiger partial charge in [0.15, 0.2) is 0 Å². The van der Waals surface area contributed by atoms with E-state index in [2.05, 4.69) is 5.32 Å². The smallest absolute Gasteiger partial charge is 0.264 e. The maximum Gasteiger partial charge on any atom is 0.264 e. The number of hydrogen-bond donors (Lipinski definition) is 1. The zero-order valence-corrected chi connectivity index (χ0v) is 20.7. The molecular weight excluding hydrogens is 471 g/mol. The van der Waals surface area contributed by atoms with Crippen molar-refractivity contribution in [3.05, 3.63) is 94.6 Å². The van der Waals surface area contributed by atoms with Gasteiger partial charge in [0.2, 0.25) is 0 Å². The molecule has 0 aliphatic carbocycles. The molecule has 0 saturated heterocycles. The molecule has 4 rings (SSSR count). The predicted octanol–water partition coefficient (Wildman–Crippen LogP) is 6.06. The highest BCUT2D eigenvalue weighted by atomic mass is 32.2. The van der Waals surface area contributed by atoms with Crippen molar-refractivity contribution in [2.24, 2.45) is 0 Å². The molecule has 0 aliphatic heterocycles. The standard InChI is InChI=1S/C26H25FN2O3S2/c1-4-29(34(31,32)23-12-5-17(2)6-13-23)22-11-14-24-20(15-22)16-25(33-24)26(30)28-18(3)19-7-9-21(27)10-8-19/h5-16,18H,4H2,1-3H3,(H,28,30)/t18-/m1/s1. The van der Waals surface area contributed by atoms with Crippen LogP contribution in [0.25, 0.3) is 10.1 Å². The number of halogens is 1. The monoisotopic (exact) mass is 496 g/mol. The summed E-state index contributed by atoms with van der Waals surface area (Å²) in [5.41, 5.74) is 2.33. The lowest BCUT2D eigenvalue weighted by Crippen LogP contribution is -2.30. The van der Waals surface area contributed by atoms with Gasteiger partial charge in [-0.3, -0.25) is 9.10 Å². The molecule has 0 bridgehead atoms. The van der Waals surface area contributed by atoms with Gasteiger partial charge >= 0.3 is 0 Å². The van der Waals surface area contributed by atoms with Crippen LogP contribution in [0, 0.1) is 12.7 Å². The van der Waals surface area contributed by atoms with E-state index in [1.807, 2.05) is 19.9 Å². The van der Waals surface area contributed by atoms with E-state index < -0.39 is 10.0 Å². The van der Waals surface area contributed by atoms with Gasteiger partial charge < -0.3 is 5.32 Å². The van der Waals surface area contributed by atoms with Crippen molar-refractivity contribution in [2.75, 3.05) is 10.8 Å². The van der Waals surface area contributed by atoms with E-state index in [0.29, 0.717) is 10.6 Å². The third-order valence-electron chi connectivity index (χ3n) is 5.63. The number of carbonyl (C=O) groups excluding carboxylic acids is 1. The third-order valence-corrected chi connectivity index (χ3v) is 8.66. The summed E-state index contributed by atoms with van der Waals surface area (Å²) in [6, 6.07) is 19.7. The van der Waals surface area contributed by atoms with Crippen LogP contribution in [0.1, 0.15) is 40.7 Å². The van der Waals surface area contributed by atoms with E-state index in [-0.39, 0.29) is 29.2 Å². The molecule has 4 aromatic rings. The highest BCUT2D eigenvalue weighted by Crippen LogP contribution is 2.32. The van der Waals surface area contributed by atoms with E-state index in [1.165, 1.54) is 27.8 Å². The number of aryl methyl sites for hydroxylation is 1. The van der Waals surface area contributed by atoms with Crippen molar-refractivity contribution in [3.63, 3.8) is 0 Å². The summed E-state index contributed by atoms with van der Waals surface area (Å²) in [4.78, 5) is 13.6. The fourth-order valence-corrected chi connectivity index (χ4v) is 6.14. The third kappa shape index (κ3) is 4.83. The van der Waals surface area contributed by atoms with E-state index >= 15 is 0 Å². The number of nitrogens with one attached hydrogen (secondary N) is 1. The quantitative estimate of drug-likeness (QED) is 0.338. The fourth-order valence-electron chi connectivity index (χ4n) is 3.73. The molecule has 176 valence electrons. The van der Waals surface area contributed by atoms with Gasteiger partial charge in [0.1, 0.15) is 5.82 Å². The van der Waals surface area contributed by atoms with Crippen molar-refractivity contribution in [3.8, 4) is 0 Å². The minimum Gasteiger partial charge on any atom is -0.345 e. The summed E-state index contributed by atoms with van der Waals surface area (Å²) in [6.45, 7) is 5.81. The number of carbonyl (C=O) groups is 1. The molecule has 34 heavy (non-hydrogen) atoms. The molecule has 0 aliphatic rings. The van der Waals surface area contributed by atoms with Crippen molar-refractivity contribution in [1.29, 1.82) is 0 Å². The van der Waals surface area contributed by atoms with Crippen LogP contribution in [0.3, 0.4) is 0 Å². The lowest BCUT2D eigenvalue weighted by Gasteiger charge is -2.23. The Morgan fingerprint density at radius 3 is 2.35 bits per heavy atom. The van der Waals surface area contributed by atoms with E-state index in [9.17, 15) is 17.6 Å². The number of rotatable bonds is 7. The molecule has 0 saturated carbocycles. The first kappa shape index (κ1) is 23.9. The molecule has 0 fully saturated rings. The average molecular weight is 497 g/mol. The summed E-state index contributed by atoms with van der Waals surface area (Å²) in [7, 11) is -3.72. The zero-order chi connectivity index (χ0) is 24.5. The van der Waals surface area contributed by atoms with Crippen LogP contribution < -0.4 is 9.62 Å². The van der Waals surface area contributed by atoms with Crippen molar-refractivity contribution in [1.82, 2.24) is 5.32 Å². The van der Waals surface area contributed by atoms with Gasteiger partial charge in [-0.15, -0.1) is 11.3 Å². The molecule has 3 aromatic carbocycles. The highest BCUT2D eigenvalue weighted by molar-refractivity contribution is 7.92. The molecular formula is C26H25FN2O3S2. The minimum absolute atomic E-state index is 0.236. The van der Waals surface area contributed by atoms with Gasteiger partial charge in [-0.05, 0) is 80.3 Å². The van der Waals surface area contributed by atoms with E-state index in [4.69, 9.17) is 0 Å². The number of sulfonamides is 1. The number of nitrogens with zero attached hydrogens (tertiary/aromatic N) is 1. The Balaban J connectivity index is 1.59. The van der Waals surface area contributed by atoms with Gasteiger partial charge in [0.05, 0.1) is 21.5 Å². The van der Waals surface area contributed by atoms with Crippen LogP contribution in [-0.2, 0) is 10.0 Å². The first-order chi connectivity index (χ1) is 16.2. The van der Waals surface area contributed by atoms with Gasteiger partial charge in [0.25, 0.3) is 15.9 Å². The average Bonchev–Trinajstić information content (AvgIpc) is 3.24. The number of fused-ring (bicyclic) bond motifs is 1. The molecule has 1 amide bonds. The predicted molar refractivity (Wildman–Crippen MR) is 135 cm³/mol. The van der Waals surface area contributed by atoms with Crippen LogP contribution in [0.15, 0.2) is 77.7 Å². The van der Waals surface area contributed by atoms with Crippen molar-refractivity contribution >= 4 is 43.0 Å². The van der Waals surface area contributed by atoms with Crippen LogP contribution in [0.5, 0.6) is 0 Å². The molecule has 1 atom stereocenters. The minimum atomic E-state index is -3.72. The number of hydrogen-bond acceptors (Lipinski definition) is 4. The van der Waals surface area contributed by atoms with Crippen LogP contribution >= 0.6 is 11.3 Å². The second-order valence-electron chi connectivity index (χ2n) is 8.06. The van der Waals surface area contributed by atoms with E-state index in [0.717, 1.165) is 21.2 Å². The van der Waals surface area contributed by atoms with Gasteiger partial charge in [0, 0.05) is 11.2 Å². The van der Waals surface area contributed by atoms with Crippen molar-refractivity contribution in [2.45, 2.75) is 31.7 Å². The van der Waals surface area contributed by atoms with Gasteiger partial charge in [-0.25, -0.2) is 12.8 Å². The first-order valence-corrected chi connectivity index (χ1v) is 13.1. The summed E-state index contributed by atoms with van der Waals surface area (Å²) in [6.07, 6.45) is 0. The SMILES string of the molecule is CCN(c1ccc2sc(C(=O)N[C@H](C)c3ccc(F)cc3)cc2c1)S(=O)(=O)c1ccc(C)cc1. The van der Waals surface area contributed by atoms with Crippen molar-refractivity contribution < 1.29 is 17.6 Å². The number of amides is 1. The van der Waals surface area contributed by atoms with Gasteiger partial charge in [-0.1, -0.05) is 29.8 Å².